The Labute approximate surface area is 229 Å². The molecule has 0 saturated heterocycles. The molecular formula is C31H28FN5O3. The number of carbonyl (C=O) groups is 1. The van der Waals surface area contributed by atoms with Crippen molar-refractivity contribution in [2.24, 2.45) is 5.16 Å². The van der Waals surface area contributed by atoms with Crippen molar-refractivity contribution in [3.05, 3.63) is 106 Å². The molecule has 5 aromatic rings. The third-order valence-corrected chi connectivity index (χ3v) is 7.30. The molecule has 0 saturated carbocycles. The van der Waals surface area contributed by atoms with E-state index in [0.29, 0.717) is 54.5 Å². The number of benzene rings is 2. The fourth-order valence-corrected chi connectivity index (χ4v) is 5.11. The van der Waals surface area contributed by atoms with E-state index in [1.807, 2.05) is 54.0 Å². The molecule has 0 spiro atoms. The average Bonchev–Trinajstić information content (AvgIpc) is 3.57. The first kappa shape index (κ1) is 25.6. The average molecular weight is 538 g/mol. The van der Waals surface area contributed by atoms with Crippen molar-refractivity contribution in [1.29, 1.82) is 0 Å². The molecule has 3 aromatic heterocycles. The number of imidazole rings is 1. The van der Waals surface area contributed by atoms with Crippen molar-refractivity contribution in [3.63, 3.8) is 0 Å². The molecule has 6 rings (SSSR count). The maximum Gasteiger partial charge on any atom is 0.265 e. The Balaban J connectivity index is 1.34. The van der Waals surface area contributed by atoms with Gasteiger partial charge in [-0.3, -0.25) is 9.36 Å². The highest BCUT2D eigenvalue weighted by Gasteiger charge is 2.39. The van der Waals surface area contributed by atoms with Crippen LogP contribution in [0.4, 0.5) is 4.39 Å². The number of fused-ring (bicyclic) bond motifs is 2. The quantitative estimate of drug-likeness (QED) is 0.243. The van der Waals surface area contributed by atoms with Gasteiger partial charge in [-0.15, -0.1) is 0 Å². The Morgan fingerprint density at radius 3 is 2.67 bits per heavy atom. The Kier molecular flexibility index (Phi) is 6.50. The number of carbonyl (C=O) groups excluding carboxylic acids is 1. The molecule has 0 unspecified atom stereocenters. The lowest BCUT2D eigenvalue weighted by molar-refractivity contribution is -0.117. The van der Waals surface area contributed by atoms with Gasteiger partial charge in [-0.05, 0) is 75.2 Å². The largest absolute Gasteiger partial charge is 0.382 e. The van der Waals surface area contributed by atoms with Crippen molar-refractivity contribution in [2.75, 3.05) is 0 Å². The van der Waals surface area contributed by atoms with E-state index < -0.39 is 5.60 Å². The van der Waals surface area contributed by atoms with Gasteiger partial charge in [0.1, 0.15) is 28.8 Å². The highest BCUT2D eigenvalue weighted by Crippen LogP contribution is 2.36. The molecule has 0 radical (unpaired) electrons. The molecule has 1 aliphatic heterocycles. The monoisotopic (exact) mass is 537 g/mol. The van der Waals surface area contributed by atoms with E-state index in [2.05, 4.69) is 5.16 Å². The molecule has 1 aliphatic rings. The number of rotatable bonds is 8. The lowest BCUT2D eigenvalue weighted by Crippen LogP contribution is -2.24. The smallest absolute Gasteiger partial charge is 0.265 e. The number of aromatic nitrogens is 4. The molecule has 4 heterocycles. The topological polar surface area (TPSA) is 90.8 Å². The normalized spacial score (nSPS) is 16.8. The number of aryl methyl sites for hydroxylation is 1. The van der Waals surface area contributed by atoms with E-state index in [9.17, 15) is 14.0 Å². The van der Waals surface area contributed by atoms with Gasteiger partial charge in [0, 0.05) is 37.2 Å². The number of Topliss-reactive ketones (excluding diaryl/α,β-unsaturated/α-hetero) is 1. The van der Waals surface area contributed by atoms with Crippen LogP contribution < -0.4 is 5.56 Å². The third-order valence-electron chi connectivity index (χ3n) is 7.30. The lowest BCUT2D eigenvalue weighted by atomic mass is 9.93. The molecule has 2 aromatic carbocycles. The van der Waals surface area contributed by atoms with Gasteiger partial charge in [-0.2, -0.15) is 0 Å². The summed E-state index contributed by atoms with van der Waals surface area (Å²) in [5.41, 5.74) is 3.31. The third kappa shape index (κ3) is 4.79. The molecule has 0 fully saturated rings. The predicted octanol–water partition coefficient (Wildman–Crippen LogP) is 5.51. The van der Waals surface area contributed by atoms with Crippen LogP contribution in [0, 0.1) is 5.82 Å². The van der Waals surface area contributed by atoms with Crippen molar-refractivity contribution in [3.8, 4) is 5.69 Å². The number of hydrogen-bond acceptors (Lipinski definition) is 6. The second kappa shape index (κ2) is 10.1. The summed E-state index contributed by atoms with van der Waals surface area (Å²) in [6.45, 7) is 3.53. The van der Waals surface area contributed by atoms with E-state index >= 15 is 0 Å². The zero-order chi connectivity index (χ0) is 27.9. The molecule has 0 N–H and O–H groups in total. The van der Waals surface area contributed by atoms with Gasteiger partial charge in [-0.25, -0.2) is 14.4 Å². The maximum absolute atomic E-state index is 13.7. The molecule has 9 heteroatoms. The van der Waals surface area contributed by atoms with Crippen molar-refractivity contribution >= 4 is 28.0 Å². The Morgan fingerprint density at radius 1 is 1.07 bits per heavy atom. The van der Waals surface area contributed by atoms with Gasteiger partial charge in [0.2, 0.25) is 0 Å². The van der Waals surface area contributed by atoms with Crippen LogP contribution in [0.25, 0.3) is 22.2 Å². The number of oxime groups is 1. The van der Waals surface area contributed by atoms with Crippen molar-refractivity contribution < 1.29 is 14.0 Å². The van der Waals surface area contributed by atoms with Crippen LogP contribution >= 0.6 is 0 Å². The number of unbranched alkanes of at least 4 members (excludes halogenated alkanes) is 1. The SMILES string of the molecule is CC(=O)CCCCc1nc2cc(C3=NO[C@](C)(c4cn5ccccc5n4)C3)ccc2c(=O)n1-c1ccc(F)cc1. The van der Waals surface area contributed by atoms with Crippen LogP contribution in [-0.2, 0) is 21.7 Å². The number of nitrogens with zero attached hydrogens (tertiary/aromatic N) is 5. The minimum Gasteiger partial charge on any atom is -0.382 e. The van der Waals surface area contributed by atoms with E-state index in [0.717, 1.165) is 22.6 Å². The summed E-state index contributed by atoms with van der Waals surface area (Å²) in [5, 5.41) is 4.84. The second-order valence-corrected chi connectivity index (χ2v) is 10.4. The molecule has 202 valence electrons. The predicted molar refractivity (Wildman–Crippen MR) is 150 cm³/mol. The number of halogens is 1. The highest BCUT2D eigenvalue weighted by atomic mass is 19.1. The molecule has 1 atom stereocenters. The Morgan fingerprint density at radius 2 is 1.90 bits per heavy atom. The van der Waals surface area contributed by atoms with E-state index in [1.54, 1.807) is 25.1 Å². The van der Waals surface area contributed by atoms with Crippen LogP contribution in [-0.4, -0.2) is 30.4 Å². The summed E-state index contributed by atoms with van der Waals surface area (Å²) in [6.07, 6.45) is 6.76. The fourth-order valence-electron chi connectivity index (χ4n) is 5.11. The molecule has 8 nitrogen and oxygen atoms in total. The summed E-state index contributed by atoms with van der Waals surface area (Å²) >= 11 is 0. The molecular weight excluding hydrogens is 509 g/mol. The molecule has 40 heavy (non-hydrogen) atoms. The van der Waals surface area contributed by atoms with Gasteiger partial charge in [-0.1, -0.05) is 17.3 Å². The fraction of sp³-hybridized carbons (Fsp3) is 0.258. The van der Waals surface area contributed by atoms with Crippen LogP contribution in [0.15, 0.2) is 83.0 Å². The number of hydrogen-bond donors (Lipinski definition) is 0. The Bertz CT molecular complexity index is 1810. The van der Waals surface area contributed by atoms with E-state index in [-0.39, 0.29) is 17.2 Å². The van der Waals surface area contributed by atoms with E-state index in [4.69, 9.17) is 14.8 Å². The molecule has 0 amide bonds. The van der Waals surface area contributed by atoms with Crippen LogP contribution in [0.3, 0.4) is 0 Å². The standard InChI is InChI=1S/C31H28FN5O3/c1-20(38)7-3-4-9-29-33-25-17-21(10-15-24(25)30(39)37(29)23-13-11-22(32)12-14-23)26-18-31(2,40-35-26)27-19-36-16-6-5-8-28(36)34-27/h5-6,8,10-17,19H,3-4,7,9,18H2,1-2H3/t31-/m0/s1. The van der Waals surface area contributed by atoms with Crippen molar-refractivity contribution in [2.45, 2.75) is 51.6 Å². The summed E-state index contributed by atoms with van der Waals surface area (Å²) < 4.78 is 17.1. The second-order valence-electron chi connectivity index (χ2n) is 10.4. The summed E-state index contributed by atoms with van der Waals surface area (Å²) in [6, 6.07) is 17.1. The van der Waals surface area contributed by atoms with Crippen LogP contribution in [0.1, 0.15) is 56.6 Å². The first-order valence-corrected chi connectivity index (χ1v) is 13.3. The zero-order valence-electron chi connectivity index (χ0n) is 22.3. The lowest BCUT2D eigenvalue weighted by Gasteiger charge is -2.18. The molecule has 0 bridgehead atoms. The zero-order valence-corrected chi connectivity index (χ0v) is 22.3. The maximum atomic E-state index is 13.7. The molecule has 0 aliphatic carbocycles. The minimum absolute atomic E-state index is 0.127. The first-order valence-electron chi connectivity index (χ1n) is 13.3. The van der Waals surface area contributed by atoms with Gasteiger partial charge >= 0.3 is 0 Å². The van der Waals surface area contributed by atoms with Crippen molar-refractivity contribution in [1.82, 2.24) is 18.9 Å². The minimum atomic E-state index is -0.725. The number of ketones is 1. The van der Waals surface area contributed by atoms with E-state index in [1.165, 1.54) is 16.7 Å². The van der Waals surface area contributed by atoms with Gasteiger partial charge < -0.3 is 14.0 Å². The van der Waals surface area contributed by atoms with Gasteiger partial charge in [0.05, 0.1) is 22.3 Å². The van der Waals surface area contributed by atoms with Crippen LogP contribution in [0.5, 0.6) is 0 Å². The first-order chi connectivity index (χ1) is 19.3. The summed E-state index contributed by atoms with van der Waals surface area (Å²) in [5.74, 6) is 0.305. The van der Waals surface area contributed by atoms with Crippen LogP contribution in [0.2, 0.25) is 0 Å². The van der Waals surface area contributed by atoms with Gasteiger partial charge in [0.15, 0.2) is 5.60 Å². The number of pyridine rings is 1. The summed E-state index contributed by atoms with van der Waals surface area (Å²) in [4.78, 5) is 40.6. The Hall–Kier alpha value is -4.66. The highest BCUT2D eigenvalue weighted by molar-refractivity contribution is 6.03. The van der Waals surface area contributed by atoms with Gasteiger partial charge in [0.25, 0.3) is 5.56 Å². The summed E-state index contributed by atoms with van der Waals surface area (Å²) in [7, 11) is 0.